The van der Waals surface area contributed by atoms with Crippen LogP contribution in [0.4, 0.5) is 16.4 Å². The number of aromatic nitrogens is 6. The summed E-state index contributed by atoms with van der Waals surface area (Å²) in [5.41, 5.74) is 2.37. The maximum Gasteiger partial charge on any atom is 0.404 e. The van der Waals surface area contributed by atoms with Crippen molar-refractivity contribution in [2.24, 2.45) is 7.05 Å². The summed E-state index contributed by atoms with van der Waals surface area (Å²) in [5.74, 6) is 0.469. The number of aryl methyl sites for hydroxylation is 2. The molecule has 31 heavy (non-hydrogen) atoms. The summed E-state index contributed by atoms with van der Waals surface area (Å²) >= 11 is 0. The van der Waals surface area contributed by atoms with Crippen LogP contribution in [0.15, 0.2) is 36.9 Å². The first-order valence-electron chi connectivity index (χ1n) is 10.4. The zero-order valence-electron chi connectivity index (χ0n) is 17.5. The first kappa shape index (κ1) is 20.6. The van der Waals surface area contributed by atoms with Crippen LogP contribution in [0.25, 0.3) is 22.1 Å². The number of hydrogen-bond acceptors (Lipinski definition) is 6. The number of carbonyl (C=O) groups is 1. The molecule has 10 nitrogen and oxygen atoms in total. The van der Waals surface area contributed by atoms with E-state index in [0.717, 1.165) is 27.8 Å². The molecule has 0 aromatic carbocycles. The molecule has 1 fully saturated rings. The number of carboxylic acid groups (broad SMARTS) is 1. The van der Waals surface area contributed by atoms with Crippen LogP contribution in [0.5, 0.6) is 0 Å². The highest BCUT2D eigenvalue weighted by Gasteiger charge is 2.08. The smallest absolute Gasteiger partial charge is 0.404 e. The highest BCUT2D eigenvalue weighted by molar-refractivity contribution is 5.80. The lowest BCUT2D eigenvalue weighted by molar-refractivity contribution is 0.194. The molecule has 0 atom stereocenters. The zero-order chi connectivity index (χ0) is 21.6. The number of anilines is 2. The molecule has 1 aliphatic carbocycles. The highest BCUT2D eigenvalue weighted by atomic mass is 16.4. The summed E-state index contributed by atoms with van der Waals surface area (Å²) in [4.78, 5) is 23.8. The first-order chi connectivity index (χ1) is 15.1. The summed E-state index contributed by atoms with van der Waals surface area (Å²) in [6, 6.07) is 3.88. The van der Waals surface area contributed by atoms with Crippen LogP contribution in [0.2, 0.25) is 0 Å². The maximum atomic E-state index is 10.5. The minimum absolute atomic E-state index is 0.391. The van der Waals surface area contributed by atoms with Crippen molar-refractivity contribution in [3.8, 4) is 0 Å². The van der Waals surface area contributed by atoms with Crippen molar-refractivity contribution in [2.75, 3.05) is 11.9 Å². The van der Waals surface area contributed by atoms with E-state index in [4.69, 9.17) is 5.11 Å². The number of fused-ring (bicyclic) bond motifs is 2. The molecule has 0 bridgehead atoms. The number of pyridine rings is 1. The van der Waals surface area contributed by atoms with E-state index in [2.05, 4.69) is 30.7 Å². The quantitative estimate of drug-likeness (QED) is 0.405. The minimum atomic E-state index is -1.01. The molecule has 1 saturated carbocycles. The fourth-order valence-corrected chi connectivity index (χ4v) is 3.15. The third-order valence-corrected chi connectivity index (χ3v) is 5.18. The lowest BCUT2D eigenvalue weighted by Crippen LogP contribution is -2.22. The van der Waals surface area contributed by atoms with Gasteiger partial charge in [0.2, 0.25) is 5.95 Å². The fraction of sp³-hybridized carbons (Fsp3) is 0.381. The van der Waals surface area contributed by atoms with Gasteiger partial charge in [-0.15, -0.1) is 0 Å². The molecule has 4 heterocycles. The lowest BCUT2D eigenvalue weighted by atomic mass is 10.0. The summed E-state index contributed by atoms with van der Waals surface area (Å²) in [7, 11) is 1.85. The Morgan fingerprint density at radius 3 is 2.65 bits per heavy atom. The Bertz CT molecular complexity index is 1170. The van der Waals surface area contributed by atoms with Gasteiger partial charge in [0.25, 0.3) is 0 Å². The number of amides is 1. The number of hydrogen-bond donors (Lipinski definition) is 3. The van der Waals surface area contributed by atoms with Gasteiger partial charge in [-0.05, 0) is 18.6 Å². The fourth-order valence-electron chi connectivity index (χ4n) is 3.15. The third kappa shape index (κ3) is 5.08. The van der Waals surface area contributed by atoms with Crippen LogP contribution < -0.4 is 10.6 Å². The van der Waals surface area contributed by atoms with Gasteiger partial charge in [0.05, 0.1) is 18.1 Å². The van der Waals surface area contributed by atoms with Gasteiger partial charge in [-0.3, -0.25) is 4.68 Å². The Morgan fingerprint density at radius 1 is 1.10 bits per heavy atom. The van der Waals surface area contributed by atoms with E-state index in [9.17, 15) is 4.79 Å². The van der Waals surface area contributed by atoms with Gasteiger partial charge in [0, 0.05) is 43.3 Å². The van der Waals surface area contributed by atoms with Gasteiger partial charge >= 0.3 is 6.09 Å². The second-order valence-corrected chi connectivity index (χ2v) is 7.51. The van der Waals surface area contributed by atoms with Crippen LogP contribution in [-0.4, -0.2) is 47.0 Å². The molecule has 5 rings (SSSR count). The van der Waals surface area contributed by atoms with E-state index in [0.29, 0.717) is 25.5 Å². The summed E-state index contributed by atoms with van der Waals surface area (Å²) in [6.45, 7) is 1.05. The van der Waals surface area contributed by atoms with Crippen LogP contribution in [0, 0.1) is 0 Å². The number of nitrogens with zero attached hydrogens (tertiary/aromatic N) is 6. The molecular formula is C21H26N8O2. The van der Waals surface area contributed by atoms with Crippen LogP contribution in [0.3, 0.4) is 0 Å². The van der Waals surface area contributed by atoms with Crippen molar-refractivity contribution in [2.45, 2.75) is 38.6 Å². The van der Waals surface area contributed by atoms with E-state index in [1.807, 2.05) is 29.9 Å². The van der Waals surface area contributed by atoms with Gasteiger partial charge in [-0.25, -0.2) is 14.8 Å². The zero-order valence-corrected chi connectivity index (χ0v) is 17.5. The number of nitrogens with one attached hydrogen (secondary N) is 2. The molecule has 4 aromatic heterocycles. The second-order valence-electron chi connectivity index (χ2n) is 7.51. The molecule has 0 aliphatic heterocycles. The molecule has 4 aromatic rings. The summed E-state index contributed by atoms with van der Waals surface area (Å²) < 4.78 is 3.70. The Balaban J connectivity index is 0.000000520. The van der Waals surface area contributed by atoms with E-state index in [1.165, 1.54) is 25.7 Å². The highest BCUT2D eigenvalue weighted by Crippen LogP contribution is 2.20. The molecule has 3 N–H and O–H groups in total. The van der Waals surface area contributed by atoms with E-state index in [-0.39, 0.29) is 0 Å². The van der Waals surface area contributed by atoms with Gasteiger partial charge in [-0.1, -0.05) is 25.7 Å². The average Bonchev–Trinajstić information content (AvgIpc) is 3.27. The molecule has 0 spiro atoms. The predicted octanol–water partition coefficient (Wildman–Crippen LogP) is 3.67. The van der Waals surface area contributed by atoms with Crippen molar-refractivity contribution in [3.05, 3.63) is 36.9 Å². The van der Waals surface area contributed by atoms with Crippen LogP contribution in [-0.2, 0) is 13.6 Å². The van der Waals surface area contributed by atoms with Crippen molar-refractivity contribution >= 4 is 39.8 Å². The maximum absolute atomic E-state index is 10.5. The molecular weight excluding hydrogens is 396 g/mol. The Morgan fingerprint density at radius 2 is 1.90 bits per heavy atom. The van der Waals surface area contributed by atoms with Crippen LogP contribution in [0.1, 0.15) is 32.1 Å². The molecule has 0 unspecified atom stereocenters. The SMILES string of the molecule is C1CCC1.Cn1ncc2cc(Nc3ncc4ccn(CCCNC(=O)O)c4n3)cnc21. The van der Waals surface area contributed by atoms with Crippen molar-refractivity contribution in [1.82, 2.24) is 34.6 Å². The minimum Gasteiger partial charge on any atom is -0.465 e. The van der Waals surface area contributed by atoms with Gasteiger partial charge in [0.15, 0.2) is 5.65 Å². The Hall–Kier alpha value is -3.69. The summed E-state index contributed by atoms with van der Waals surface area (Å²) in [6.07, 6.45) is 12.8. The topological polar surface area (TPSA) is 123 Å². The Kier molecular flexibility index (Phi) is 6.25. The predicted molar refractivity (Wildman–Crippen MR) is 118 cm³/mol. The molecule has 0 radical (unpaired) electrons. The van der Waals surface area contributed by atoms with Gasteiger partial charge in [-0.2, -0.15) is 10.1 Å². The van der Waals surface area contributed by atoms with Crippen molar-refractivity contribution in [1.29, 1.82) is 0 Å². The average molecular weight is 422 g/mol. The molecule has 162 valence electrons. The molecule has 1 amide bonds. The van der Waals surface area contributed by atoms with E-state index >= 15 is 0 Å². The van der Waals surface area contributed by atoms with Crippen molar-refractivity contribution < 1.29 is 9.90 Å². The van der Waals surface area contributed by atoms with Gasteiger partial charge in [0.1, 0.15) is 5.65 Å². The monoisotopic (exact) mass is 422 g/mol. The second kappa shape index (κ2) is 9.41. The van der Waals surface area contributed by atoms with Gasteiger partial charge < -0.3 is 20.3 Å². The largest absolute Gasteiger partial charge is 0.465 e. The number of rotatable bonds is 6. The summed E-state index contributed by atoms with van der Waals surface area (Å²) in [5, 5.41) is 20.2. The Labute approximate surface area is 179 Å². The lowest BCUT2D eigenvalue weighted by Gasteiger charge is -2.07. The first-order valence-corrected chi connectivity index (χ1v) is 10.4. The van der Waals surface area contributed by atoms with E-state index in [1.54, 1.807) is 23.3 Å². The molecule has 10 heteroatoms. The van der Waals surface area contributed by atoms with Crippen molar-refractivity contribution in [3.63, 3.8) is 0 Å². The molecule has 0 saturated heterocycles. The van der Waals surface area contributed by atoms with Crippen LogP contribution >= 0.6 is 0 Å². The standard InChI is InChI=1S/C17H18N8O2.C4H8/c1-24-14-12(9-21-24)7-13(10-19-14)22-16-20-8-11-3-6-25(15(11)23-16)5-2-4-18-17(26)27;1-2-4-3-1/h3,6-10,18H,2,4-5H2,1H3,(H,26,27)(H,20,22,23);1-4H2. The van der Waals surface area contributed by atoms with E-state index < -0.39 is 6.09 Å². The third-order valence-electron chi connectivity index (χ3n) is 5.18. The normalized spacial score (nSPS) is 12.8. The molecule has 1 aliphatic rings.